The smallest absolute Gasteiger partial charge is 0.271 e. The molecule has 0 amide bonds. The van der Waals surface area contributed by atoms with Crippen molar-refractivity contribution in [1.82, 2.24) is 0 Å². The number of non-ortho nitro benzene ring substituents is 1. The molecule has 0 aliphatic heterocycles. The first-order valence-corrected chi connectivity index (χ1v) is 7.16. The van der Waals surface area contributed by atoms with Crippen LogP contribution in [-0.2, 0) is 0 Å². The van der Waals surface area contributed by atoms with Crippen LogP contribution in [0.25, 0.3) is 0 Å². The Morgan fingerprint density at radius 3 is 2.43 bits per heavy atom. The Morgan fingerprint density at radius 2 is 1.90 bits per heavy atom. The number of nitro benzene ring substituents is 1. The summed E-state index contributed by atoms with van der Waals surface area (Å²) in [6, 6.07) is 12.9. The minimum absolute atomic E-state index is 0.00562. The van der Waals surface area contributed by atoms with E-state index in [9.17, 15) is 10.1 Å². The molecule has 110 valence electrons. The van der Waals surface area contributed by atoms with E-state index in [1.807, 2.05) is 6.92 Å². The van der Waals surface area contributed by atoms with E-state index >= 15 is 0 Å². The average Bonchev–Trinajstić information content (AvgIpc) is 2.47. The SMILES string of the molecule is CCC(Nc1ccc([N+](=O)[O-])cc1Cl)c1ccc(C)cc1. The molecule has 2 rings (SSSR count). The van der Waals surface area contributed by atoms with Crippen molar-refractivity contribution in [1.29, 1.82) is 0 Å². The van der Waals surface area contributed by atoms with E-state index in [1.165, 1.54) is 17.7 Å². The van der Waals surface area contributed by atoms with Crippen molar-refractivity contribution in [2.24, 2.45) is 0 Å². The lowest BCUT2D eigenvalue weighted by atomic mass is 10.0. The third-order valence-corrected chi connectivity index (χ3v) is 3.69. The minimum atomic E-state index is -0.451. The fraction of sp³-hybridized carbons (Fsp3) is 0.250. The fourth-order valence-electron chi connectivity index (χ4n) is 2.14. The molecule has 5 heteroatoms. The summed E-state index contributed by atoms with van der Waals surface area (Å²) < 4.78 is 0. The normalized spacial score (nSPS) is 12.0. The van der Waals surface area contributed by atoms with Crippen LogP contribution in [0.4, 0.5) is 11.4 Å². The predicted octanol–water partition coefficient (Wildman–Crippen LogP) is 5.12. The van der Waals surface area contributed by atoms with Crippen LogP contribution in [0.1, 0.15) is 30.5 Å². The molecule has 0 heterocycles. The van der Waals surface area contributed by atoms with Crippen molar-refractivity contribution in [3.8, 4) is 0 Å². The van der Waals surface area contributed by atoms with Gasteiger partial charge in [-0.2, -0.15) is 0 Å². The Kier molecular flexibility index (Phi) is 4.81. The zero-order valence-electron chi connectivity index (χ0n) is 12.0. The summed E-state index contributed by atoms with van der Waals surface area (Å²) in [5.74, 6) is 0. The van der Waals surface area contributed by atoms with Gasteiger partial charge < -0.3 is 5.32 Å². The highest BCUT2D eigenvalue weighted by Crippen LogP contribution is 2.30. The molecule has 1 N–H and O–H groups in total. The Hall–Kier alpha value is -2.07. The summed E-state index contributed by atoms with van der Waals surface area (Å²) in [5.41, 5.74) is 3.07. The van der Waals surface area contributed by atoms with Crippen molar-refractivity contribution >= 4 is 23.0 Å². The monoisotopic (exact) mass is 304 g/mol. The molecule has 1 unspecified atom stereocenters. The summed E-state index contributed by atoms with van der Waals surface area (Å²) in [4.78, 5) is 10.3. The van der Waals surface area contributed by atoms with Crippen molar-refractivity contribution in [2.45, 2.75) is 26.3 Å². The van der Waals surface area contributed by atoms with Crippen LogP contribution < -0.4 is 5.32 Å². The number of nitrogens with zero attached hydrogens (tertiary/aromatic N) is 1. The van der Waals surface area contributed by atoms with E-state index in [0.717, 1.165) is 12.0 Å². The summed E-state index contributed by atoms with van der Waals surface area (Å²) >= 11 is 6.12. The lowest BCUT2D eigenvalue weighted by molar-refractivity contribution is -0.384. The highest BCUT2D eigenvalue weighted by atomic mass is 35.5. The number of aryl methyl sites for hydroxylation is 1. The second-order valence-corrected chi connectivity index (χ2v) is 5.34. The van der Waals surface area contributed by atoms with E-state index in [-0.39, 0.29) is 11.7 Å². The van der Waals surface area contributed by atoms with Gasteiger partial charge in [0.05, 0.1) is 21.7 Å². The summed E-state index contributed by atoms with van der Waals surface area (Å²) in [7, 11) is 0. The maximum absolute atomic E-state index is 10.7. The number of hydrogen-bond acceptors (Lipinski definition) is 3. The fourth-order valence-corrected chi connectivity index (χ4v) is 2.37. The molecule has 4 nitrogen and oxygen atoms in total. The molecule has 2 aromatic rings. The first-order valence-electron chi connectivity index (χ1n) is 6.78. The second kappa shape index (κ2) is 6.59. The Labute approximate surface area is 128 Å². The molecule has 0 fully saturated rings. The lowest BCUT2D eigenvalue weighted by Gasteiger charge is -2.19. The molecule has 21 heavy (non-hydrogen) atoms. The number of nitro groups is 1. The molecular formula is C16H17ClN2O2. The molecule has 0 aliphatic rings. The van der Waals surface area contributed by atoms with Gasteiger partial charge in [0.2, 0.25) is 0 Å². The molecule has 0 aromatic heterocycles. The molecule has 2 aromatic carbocycles. The average molecular weight is 305 g/mol. The maximum atomic E-state index is 10.7. The lowest BCUT2D eigenvalue weighted by Crippen LogP contribution is -2.10. The number of hydrogen-bond donors (Lipinski definition) is 1. The third-order valence-electron chi connectivity index (χ3n) is 3.38. The van der Waals surface area contributed by atoms with Gasteiger partial charge in [-0.05, 0) is 25.0 Å². The van der Waals surface area contributed by atoms with Gasteiger partial charge in [-0.25, -0.2) is 0 Å². The van der Waals surface area contributed by atoms with Gasteiger partial charge in [0.1, 0.15) is 0 Å². The van der Waals surface area contributed by atoms with Crippen LogP contribution in [0.3, 0.4) is 0 Å². The van der Waals surface area contributed by atoms with E-state index in [1.54, 1.807) is 6.07 Å². The Morgan fingerprint density at radius 1 is 1.24 bits per heavy atom. The zero-order chi connectivity index (χ0) is 15.4. The number of anilines is 1. The number of rotatable bonds is 5. The summed E-state index contributed by atoms with van der Waals surface area (Å²) in [6.45, 7) is 4.13. The highest BCUT2D eigenvalue weighted by molar-refractivity contribution is 6.33. The molecule has 0 bridgehead atoms. The Bertz CT molecular complexity index is 641. The molecule has 0 saturated heterocycles. The van der Waals surface area contributed by atoms with Gasteiger partial charge in [0.25, 0.3) is 5.69 Å². The van der Waals surface area contributed by atoms with Gasteiger partial charge in [0, 0.05) is 12.1 Å². The Balaban J connectivity index is 2.22. The first-order chi connectivity index (χ1) is 10.0. The molecule has 0 saturated carbocycles. The second-order valence-electron chi connectivity index (χ2n) is 4.94. The first kappa shape index (κ1) is 15.3. The van der Waals surface area contributed by atoms with Gasteiger partial charge in [0.15, 0.2) is 0 Å². The van der Waals surface area contributed by atoms with E-state index in [0.29, 0.717) is 10.7 Å². The summed E-state index contributed by atoms with van der Waals surface area (Å²) in [5, 5.41) is 14.4. The van der Waals surface area contributed by atoms with Crippen LogP contribution in [0, 0.1) is 17.0 Å². The minimum Gasteiger partial charge on any atom is -0.377 e. The van der Waals surface area contributed by atoms with E-state index < -0.39 is 4.92 Å². The van der Waals surface area contributed by atoms with Crippen LogP contribution in [0.5, 0.6) is 0 Å². The van der Waals surface area contributed by atoms with Crippen molar-refractivity contribution in [3.63, 3.8) is 0 Å². The van der Waals surface area contributed by atoms with Gasteiger partial charge in [-0.1, -0.05) is 48.4 Å². The van der Waals surface area contributed by atoms with Crippen LogP contribution in [-0.4, -0.2) is 4.92 Å². The number of halogens is 1. The van der Waals surface area contributed by atoms with Gasteiger partial charge in [-0.15, -0.1) is 0 Å². The molecule has 0 radical (unpaired) electrons. The number of nitrogens with one attached hydrogen (secondary N) is 1. The van der Waals surface area contributed by atoms with Crippen LogP contribution in [0.2, 0.25) is 5.02 Å². The van der Waals surface area contributed by atoms with Crippen LogP contribution >= 0.6 is 11.6 Å². The highest BCUT2D eigenvalue weighted by Gasteiger charge is 2.13. The van der Waals surface area contributed by atoms with Gasteiger partial charge in [-0.3, -0.25) is 10.1 Å². The van der Waals surface area contributed by atoms with Crippen LogP contribution in [0.15, 0.2) is 42.5 Å². The summed E-state index contributed by atoms with van der Waals surface area (Å²) in [6.07, 6.45) is 0.885. The topological polar surface area (TPSA) is 55.2 Å². The standard InChI is InChI=1S/C16H17ClN2O2/c1-3-15(12-6-4-11(2)5-7-12)18-16-9-8-13(19(20)21)10-14(16)17/h4-10,15,18H,3H2,1-2H3. The molecule has 0 aliphatic carbocycles. The predicted molar refractivity (Wildman–Crippen MR) is 85.9 cm³/mol. The van der Waals surface area contributed by atoms with Crippen molar-refractivity contribution in [3.05, 3.63) is 68.7 Å². The van der Waals surface area contributed by atoms with E-state index in [2.05, 4.69) is 36.5 Å². The quantitative estimate of drug-likeness (QED) is 0.616. The molecule has 0 spiro atoms. The largest absolute Gasteiger partial charge is 0.377 e. The number of benzene rings is 2. The van der Waals surface area contributed by atoms with Gasteiger partial charge >= 0.3 is 0 Å². The third kappa shape index (κ3) is 3.73. The van der Waals surface area contributed by atoms with Crippen molar-refractivity contribution in [2.75, 3.05) is 5.32 Å². The van der Waals surface area contributed by atoms with E-state index in [4.69, 9.17) is 11.6 Å². The molecule has 1 atom stereocenters. The van der Waals surface area contributed by atoms with Crippen molar-refractivity contribution < 1.29 is 4.92 Å². The molecular weight excluding hydrogens is 288 g/mol. The maximum Gasteiger partial charge on any atom is 0.271 e. The zero-order valence-corrected chi connectivity index (χ0v) is 12.7.